The van der Waals surface area contributed by atoms with Crippen LogP contribution in [0.1, 0.15) is 59.3 Å². The van der Waals surface area contributed by atoms with Gasteiger partial charge in [0.2, 0.25) is 0 Å². The van der Waals surface area contributed by atoms with E-state index in [1.54, 1.807) is 14.2 Å². The number of carbonyl (C=O) groups excluding carboxylic acids is 1. The van der Waals surface area contributed by atoms with Crippen molar-refractivity contribution in [2.45, 2.75) is 83.1 Å². The zero-order valence-corrected chi connectivity index (χ0v) is 18.9. The van der Waals surface area contributed by atoms with Crippen molar-refractivity contribution >= 4 is 6.09 Å². The Hall–Kier alpha value is -0.930. The maximum atomic E-state index is 12.5. The minimum atomic E-state index is -0.797. The van der Waals surface area contributed by atoms with Gasteiger partial charge in [-0.05, 0) is 40.2 Å². The molecule has 0 bridgehead atoms. The number of methoxy groups -OCH3 is 1. The van der Waals surface area contributed by atoms with Gasteiger partial charge in [-0.2, -0.15) is 0 Å². The molecular formula is C21H42N2O6. The van der Waals surface area contributed by atoms with E-state index in [1.807, 2.05) is 20.8 Å². The molecule has 0 aromatic carbocycles. The Morgan fingerprint density at radius 1 is 1.17 bits per heavy atom. The summed E-state index contributed by atoms with van der Waals surface area (Å²) in [5.41, 5.74) is -0.595. The molecule has 0 spiro atoms. The minimum absolute atomic E-state index is 0.0198. The molecule has 8 heteroatoms. The fourth-order valence-electron chi connectivity index (χ4n) is 3.66. The summed E-state index contributed by atoms with van der Waals surface area (Å²) in [6, 6.07) is -0.373. The molecule has 0 radical (unpaired) electrons. The molecule has 1 rings (SSSR count). The Labute approximate surface area is 176 Å². The van der Waals surface area contributed by atoms with Gasteiger partial charge in [-0.3, -0.25) is 0 Å². The molecule has 1 saturated carbocycles. The first-order valence-electron chi connectivity index (χ1n) is 10.8. The van der Waals surface area contributed by atoms with Gasteiger partial charge >= 0.3 is 6.09 Å². The third-order valence-electron chi connectivity index (χ3n) is 4.98. The van der Waals surface area contributed by atoms with Gasteiger partial charge in [0.25, 0.3) is 0 Å². The third-order valence-corrected chi connectivity index (χ3v) is 4.98. The normalized spacial score (nSPS) is 18.8. The summed E-state index contributed by atoms with van der Waals surface area (Å²) in [5.74, 6) is 0.492. The molecule has 29 heavy (non-hydrogen) atoms. The molecule has 3 unspecified atom stereocenters. The van der Waals surface area contributed by atoms with Crippen LogP contribution in [0.25, 0.3) is 0 Å². The van der Waals surface area contributed by atoms with Crippen molar-refractivity contribution in [1.29, 1.82) is 0 Å². The Morgan fingerprint density at radius 2 is 1.86 bits per heavy atom. The van der Waals surface area contributed by atoms with Crippen molar-refractivity contribution in [3.63, 3.8) is 0 Å². The summed E-state index contributed by atoms with van der Waals surface area (Å²) < 4.78 is 21.8. The summed E-state index contributed by atoms with van der Waals surface area (Å²) in [7, 11) is 3.38. The molecule has 0 saturated heterocycles. The van der Waals surface area contributed by atoms with Crippen molar-refractivity contribution in [2.24, 2.45) is 5.92 Å². The van der Waals surface area contributed by atoms with E-state index in [4.69, 9.17) is 18.9 Å². The van der Waals surface area contributed by atoms with Gasteiger partial charge in [-0.1, -0.05) is 32.1 Å². The highest BCUT2D eigenvalue weighted by atomic mass is 16.7. The van der Waals surface area contributed by atoms with Crippen LogP contribution in [-0.4, -0.2) is 75.8 Å². The molecule has 8 nitrogen and oxygen atoms in total. The van der Waals surface area contributed by atoms with Crippen molar-refractivity contribution in [1.82, 2.24) is 10.6 Å². The van der Waals surface area contributed by atoms with E-state index in [0.29, 0.717) is 25.7 Å². The van der Waals surface area contributed by atoms with Gasteiger partial charge in [0, 0.05) is 13.7 Å². The van der Waals surface area contributed by atoms with Crippen LogP contribution in [0.15, 0.2) is 0 Å². The lowest BCUT2D eigenvalue weighted by molar-refractivity contribution is -0.140. The highest BCUT2D eigenvalue weighted by molar-refractivity contribution is 5.68. The largest absolute Gasteiger partial charge is 0.444 e. The molecule has 172 valence electrons. The van der Waals surface area contributed by atoms with E-state index in [0.717, 1.165) is 19.3 Å². The maximum absolute atomic E-state index is 12.5. The van der Waals surface area contributed by atoms with E-state index < -0.39 is 23.9 Å². The fourth-order valence-corrected chi connectivity index (χ4v) is 3.66. The first kappa shape index (κ1) is 26.1. The van der Waals surface area contributed by atoms with E-state index in [9.17, 15) is 9.90 Å². The zero-order chi connectivity index (χ0) is 21.7. The van der Waals surface area contributed by atoms with E-state index in [2.05, 4.69) is 10.6 Å². The summed E-state index contributed by atoms with van der Waals surface area (Å²) >= 11 is 0. The number of nitrogens with one attached hydrogen (secondary N) is 2. The summed E-state index contributed by atoms with van der Waals surface area (Å²) in [6.07, 6.45) is 4.76. The number of carbonyl (C=O) groups is 1. The van der Waals surface area contributed by atoms with Crippen LogP contribution in [0.5, 0.6) is 0 Å². The average Bonchev–Trinajstić information content (AvgIpc) is 2.63. The Balaban J connectivity index is 2.84. The number of aliphatic hydroxyl groups excluding tert-OH is 1. The molecule has 0 aromatic rings. The van der Waals surface area contributed by atoms with Crippen LogP contribution in [0.4, 0.5) is 4.79 Å². The first-order valence-corrected chi connectivity index (χ1v) is 10.8. The van der Waals surface area contributed by atoms with Gasteiger partial charge in [0.15, 0.2) is 0 Å². The number of ether oxygens (including phenoxy) is 4. The van der Waals surface area contributed by atoms with Gasteiger partial charge in [0.1, 0.15) is 18.5 Å². The predicted octanol–water partition coefficient (Wildman–Crippen LogP) is 2.44. The van der Waals surface area contributed by atoms with E-state index >= 15 is 0 Å². The standard InChI is InChI=1S/C21H42N2O6/c1-21(2,3)29-20(25)23-17(13-16-9-7-6-8-10-16)19(18(24)14-22-4)28-15-27-12-11-26-5/h16-19,22,24H,6-15H2,1-5H3,(H,23,25). The number of alkyl carbamates (subject to hydrolysis) is 1. The van der Waals surface area contributed by atoms with Crippen LogP contribution in [0, 0.1) is 5.92 Å². The molecule has 3 atom stereocenters. The van der Waals surface area contributed by atoms with Crippen molar-refractivity contribution in [2.75, 3.05) is 40.7 Å². The molecule has 3 N–H and O–H groups in total. The van der Waals surface area contributed by atoms with Crippen LogP contribution < -0.4 is 10.6 Å². The Bertz CT molecular complexity index is 437. The Kier molecular flexibility index (Phi) is 12.7. The number of hydrogen-bond acceptors (Lipinski definition) is 7. The maximum Gasteiger partial charge on any atom is 0.407 e. The van der Waals surface area contributed by atoms with Gasteiger partial charge in [-0.25, -0.2) is 4.79 Å². The number of aliphatic hydroxyl groups is 1. The van der Waals surface area contributed by atoms with Crippen LogP contribution in [0.2, 0.25) is 0 Å². The highest BCUT2D eigenvalue weighted by Gasteiger charge is 2.34. The molecule has 0 heterocycles. The smallest absolute Gasteiger partial charge is 0.407 e. The molecule has 0 aliphatic heterocycles. The lowest BCUT2D eigenvalue weighted by Gasteiger charge is -2.35. The third kappa shape index (κ3) is 11.7. The van der Waals surface area contributed by atoms with E-state index in [1.165, 1.54) is 19.3 Å². The quantitative estimate of drug-likeness (QED) is 0.312. The molecule has 1 fully saturated rings. The molecular weight excluding hydrogens is 376 g/mol. The van der Waals surface area contributed by atoms with Crippen molar-refractivity contribution in [3.05, 3.63) is 0 Å². The number of likely N-dealkylation sites (N-methyl/N-ethyl adjacent to an activating group) is 1. The minimum Gasteiger partial charge on any atom is -0.444 e. The van der Waals surface area contributed by atoms with E-state index in [-0.39, 0.29) is 12.8 Å². The molecule has 1 aliphatic rings. The number of rotatable bonds is 13. The number of hydrogen-bond donors (Lipinski definition) is 3. The summed E-state index contributed by atoms with van der Waals surface area (Å²) in [6.45, 7) is 6.72. The highest BCUT2D eigenvalue weighted by Crippen LogP contribution is 2.29. The van der Waals surface area contributed by atoms with Crippen molar-refractivity contribution in [3.8, 4) is 0 Å². The zero-order valence-electron chi connectivity index (χ0n) is 18.9. The molecule has 1 amide bonds. The predicted molar refractivity (Wildman–Crippen MR) is 112 cm³/mol. The lowest BCUT2D eigenvalue weighted by atomic mass is 9.83. The molecule has 1 aliphatic carbocycles. The topological polar surface area (TPSA) is 98.3 Å². The van der Waals surface area contributed by atoms with Gasteiger partial charge < -0.3 is 34.7 Å². The second kappa shape index (κ2) is 14.1. The van der Waals surface area contributed by atoms with Crippen LogP contribution in [0.3, 0.4) is 0 Å². The monoisotopic (exact) mass is 418 g/mol. The average molecular weight is 419 g/mol. The second-order valence-corrected chi connectivity index (χ2v) is 8.77. The number of amides is 1. The van der Waals surface area contributed by atoms with Crippen LogP contribution in [-0.2, 0) is 18.9 Å². The van der Waals surface area contributed by atoms with Gasteiger partial charge in [-0.15, -0.1) is 0 Å². The molecule has 0 aromatic heterocycles. The Morgan fingerprint density at radius 3 is 2.45 bits per heavy atom. The van der Waals surface area contributed by atoms with Gasteiger partial charge in [0.05, 0.1) is 25.4 Å². The van der Waals surface area contributed by atoms with Crippen LogP contribution >= 0.6 is 0 Å². The summed E-state index contributed by atoms with van der Waals surface area (Å²) in [4.78, 5) is 12.5. The summed E-state index contributed by atoms with van der Waals surface area (Å²) in [5, 5.41) is 16.6. The van der Waals surface area contributed by atoms with Crippen molar-refractivity contribution < 1.29 is 28.8 Å². The second-order valence-electron chi connectivity index (χ2n) is 8.77. The first-order chi connectivity index (χ1) is 13.8. The lowest BCUT2D eigenvalue weighted by Crippen LogP contribution is -2.54. The SMILES string of the molecule is CNCC(O)C(OCOCCOC)C(CC1CCCCC1)NC(=O)OC(C)(C)C. The fraction of sp³-hybridized carbons (Fsp3) is 0.952.